The molecular weight excluding hydrogens is 344 g/mol. The lowest BCUT2D eigenvalue weighted by atomic mass is 9.60. The lowest BCUT2D eigenvalue weighted by Crippen LogP contribution is -2.64. The Bertz CT molecular complexity index is 767. The van der Waals surface area contributed by atoms with Gasteiger partial charge in [-0.15, -0.1) is 11.3 Å². The molecule has 0 radical (unpaired) electrons. The molecule has 4 nitrogen and oxygen atoms in total. The first-order valence-corrected chi connectivity index (χ1v) is 10.3. The van der Waals surface area contributed by atoms with Crippen LogP contribution in [0.25, 0.3) is 0 Å². The fourth-order valence-corrected chi connectivity index (χ4v) is 5.21. The molecule has 1 saturated carbocycles. The second-order valence-electron chi connectivity index (χ2n) is 7.26. The first kappa shape index (κ1) is 17.3. The molecule has 1 aliphatic heterocycles. The van der Waals surface area contributed by atoms with E-state index in [-0.39, 0.29) is 23.3 Å². The van der Waals surface area contributed by atoms with E-state index in [2.05, 4.69) is 17.4 Å². The zero-order chi connectivity index (χ0) is 18.0. The number of nitrogens with one attached hydrogen (secondary N) is 1. The topological polar surface area (TPSA) is 49.4 Å². The predicted molar refractivity (Wildman–Crippen MR) is 103 cm³/mol. The van der Waals surface area contributed by atoms with Crippen LogP contribution in [0.5, 0.6) is 0 Å². The fraction of sp³-hybridized carbons (Fsp3) is 0.429. The normalized spacial score (nSPS) is 21.5. The molecule has 1 aromatic carbocycles. The van der Waals surface area contributed by atoms with Crippen LogP contribution in [0.1, 0.15) is 53.4 Å². The van der Waals surface area contributed by atoms with Crippen molar-refractivity contribution in [2.45, 2.75) is 38.1 Å². The molecule has 1 N–H and O–H groups in total. The van der Waals surface area contributed by atoms with Crippen LogP contribution in [-0.2, 0) is 4.79 Å². The summed E-state index contributed by atoms with van der Waals surface area (Å²) >= 11 is 1.43. The van der Waals surface area contributed by atoms with Crippen molar-refractivity contribution in [3.05, 3.63) is 58.3 Å². The van der Waals surface area contributed by atoms with E-state index in [1.54, 1.807) is 0 Å². The number of likely N-dealkylation sites (tertiary alicyclic amines) is 1. The van der Waals surface area contributed by atoms with Crippen LogP contribution in [0.2, 0.25) is 0 Å². The highest BCUT2D eigenvalue weighted by molar-refractivity contribution is 7.12. The van der Waals surface area contributed by atoms with Gasteiger partial charge in [-0.05, 0) is 29.9 Å². The van der Waals surface area contributed by atoms with E-state index >= 15 is 0 Å². The van der Waals surface area contributed by atoms with Gasteiger partial charge in [0.2, 0.25) is 5.91 Å². The second kappa shape index (κ2) is 7.23. The Hall–Kier alpha value is -2.14. The highest BCUT2D eigenvalue weighted by Gasteiger charge is 2.60. The Kier molecular flexibility index (Phi) is 4.81. The molecule has 2 heterocycles. The van der Waals surface area contributed by atoms with Gasteiger partial charge in [-0.25, -0.2) is 0 Å². The van der Waals surface area contributed by atoms with Crippen molar-refractivity contribution >= 4 is 23.2 Å². The highest BCUT2D eigenvalue weighted by Crippen LogP contribution is 2.57. The quantitative estimate of drug-likeness (QED) is 0.811. The number of thiophene rings is 1. The summed E-state index contributed by atoms with van der Waals surface area (Å²) < 4.78 is 0. The molecule has 1 aromatic heterocycles. The summed E-state index contributed by atoms with van der Waals surface area (Å²) in [5.74, 6) is 0.216. The first-order chi connectivity index (χ1) is 12.7. The summed E-state index contributed by atoms with van der Waals surface area (Å²) in [6.45, 7) is 1.05. The summed E-state index contributed by atoms with van der Waals surface area (Å²) in [6, 6.07) is 14.2. The van der Waals surface area contributed by atoms with Crippen LogP contribution in [0.3, 0.4) is 0 Å². The summed E-state index contributed by atoms with van der Waals surface area (Å²) in [7, 11) is 0. The Morgan fingerprint density at radius 3 is 2.58 bits per heavy atom. The average molecular weight is 369 g/mol. The third-order valence-electron chi connectivity index (χ3n) is 5.77. The average Bonchev–Trinajstić information content (AvgIpc) is 3.23. The number of β-lactam (4-membered cyclic amide) rings is 1. The number of carbonyl (C=O) groups excluding carboxylic acids is 2. The van der Waals surface area contributed by atoms with Gasteiger partial charge < -0.3 is 10.2 Å². The molecule has 1 spiro atoms. The zero-order valence-corrected chi connectivity index (χ0v) is 15.6. The van der Waals surface area contributed by atoms with Crippen molar-refractivity contribution in [1.29, 1.82) is 0 Å². The number of carbonyl (C=O) groups is 2. The summed E-state index contributed by atoms with van der Waals surface area (Å²) in [6.07, 6.45) is 5.48. The first-order valence-electron chi connectivity index (χ1n) is 9.40. The molecule has 2 aliphatic rings. The Morgan fingerprint density at radius 1 is 1.12 bits per heavy atom. The van der Waals surface area contributed by atoms with E-state index in [4.69, 9.17) is 0 Å². The molecule has 26 heavy (non-hydrogen) atoms. The minimum Gasteiger partial charge on any atom is -0.350 e. The monoisotopic (exact) mass is 368 g/mol. The van der Waals surface area contributed by atoms with E-state index in [0.29, 0.717) is 18.0 Å². The molecule has 2 amide bonds. The van der Waals surface area contributed by atoms with Gasteiger partial charge in [0.1, 0.15) is 0 Å². The van der Waals surface area contributed by atoms with Crippen molar-refractivity contribution in [2.24, 2.45) is 5.41 Å². The molecule has 4 rings (SSSR count). The summed E-state index contributed by atoms with van der Waals surface area (Å²) in [5, 5.41) is 4.84. The van der Waals surface area contributed by atoms with Crippen LogP contribution in [-0.4, -0.2) is 29.8 Å². The zero-order valence-electron chi connectivity index (χ0n) is 14.8. The molecule has 136 valence electrons. The van der Waals surface area contributed by atoms with Crippen molar-refractivity contribution in [2.75, 3.05) is 13.1 Å². The van der Waals surface area contributed by atoms with Gasteiger partial charge in [0, 0.05) is 13.1 Å². The van der Waals surface area contributed by atoms with Gasteiger partial charge in [0.15, 0.2) is 0 Å². The van der Waals surface area contributed by atoms with E-state index in [1.807, 2.05) is 40.6 Å². The number of benzene rings is 1. The van der Waals surface area contributed by atoms with Gasteiger partial charge in [-0.1, -0.05) is 55.7 Å². The highest BCUT2D eigenvalue weighted by atomic mass is 32.1. The fourth-order valence-electron chi connectivity index (χ4n) is 4.57. The smallest absolute Gasteiger partial charge is 0.261 e. The minimum atomic E-state index is -0.211. The molecule has 0 bridgehead atoms. The van der Waals surface area contributed by atoms with E-state index in [1.165, 1.54) is 23.3 Å². The molecule has 1 saturated heterocycles. The van der Waals surface area contributed by atoms with Crippen LogP contribution >= 0.6 is 11.3 Å². The maximum atomic E-state index is 13.0. The summed E-state index contributed by atoms with van der Waals surface area (Å²) in [4.78, 5) is 27.8. The van der Waals surface area contributed by atoms with Gasteiger partial charge in [0.25, 0.3) is 5.91 Å². The Labute approximate surface area is 158 Å². The Balaban J connectivity index is 1.46. The van der Waals surface area contributed by atoms with E-state index in [0.717, 1.165) is 25.7 Å². The predicted octanol–water partition coefficient (Wildman–Crippen LogP) is 4.01. The molecule has 1 aliphatic carbocycles. The lowest BCUT2D eigenvalue weighted by molar-refractivity contribution is -0.178. The molecule has 2 fully saturated rings. The van der Waals surface area contributed by atoms with Crippen molar-refractivity contribution in [3.63, 3.8) is 0 Å². The molecular formula is C21H24N2O2S. The van der Waals surface area contributed by atoms with Crippen LogP contribution in [0.15, 0.2) is 47.8 Å². The number of rotatable bonds is 5. The third kappa shape index (κ3) is 2.94. The number of amides is 2. The lowest BCUT2D eigenvalue weighted by Gasteiger charge is -2.58. The van der Waals surface area contributed by atoms with Crippen molar-refractivity contribution in [1.82, 2.24) is 10.2 Å². The summed E-state index contributed by atoms with van der Waals surface area (Å²) in [5.41, 5.74) is 1.01. The van der Waals surface area contributed by atoms with Crippen LogP contribution in [0, 0.1) is 5.41 Å². The van der Waals surface area contributed by atoms with Gasteiger partial charge in [-0.2, -0.15) is 0 Å². The van der Waals surface area contributed by atoms with E-state index < -0.39 is 0 Å². The third-order valence-corrected chi connectivity index (χ3v) is 6.63. The van der Waals surface area contributed by atoms with Crippen molar-refractivity contribution in [3.8, 4) is 0 Å². The molecule has 5 heteroatoms. The van der Waals surface area contributed by atoms with Gasteiger partial charge >= 0.3 is 0 Å². The van der Waals surface area contributed by atoms with Crippen LogP contribution in [0.4, 0.5) is 0 Å². The Morgan fingerprint density at radius 2 is 1.88 bits per heavy atom. The SMILES string of the molecule is O=C(NCCN1C(=O)C2(CCCCC2)C1c1ccccc1)c1cccs1. The molecule has 1 atom stereocenters. The van der Waals surface area contributed by atoms with Gasteiger partial charge in [0.05, 0.1) is 16.3 Å². The minimum absolute atomic E-state index is 0.0587. The van der Waals surface area contributed by atoms with Gasteiger partial charge in [-0.3, -0.25) is 9.59 Å². The number of hydrogen-bond donors (Lipinski definition) is 1. The number of nitrogens with zero attached hydrogens (tertiary/aromatic N) is 1. The van der Waals surface area contributed by atoms with E-state index in [9.17, 15) is 9.59 Å². The largest absolute Gasteiger partial charge is 0.350 e. The van der Waals surface area contributed by atoms with Crippen LogP contribution < -0.4 is 5.32 Å². The second-order valence-corrected chi connectivity index (χ2v) is 8.21. The maximum Gasteiger partial charge on any atom is 0.261 e. The standard InChI is InChI=1S/C21H24N2O2S/c24-19(17-10-7-15-26-17)22-13-14-23-18(16-8-3-1-4-9-16)21(20(23)25)11-5-2-6-12-21/h1,3-4,7-10,15,18H,2,5-6,11-14H2,(H,22,24). The number of hydrogen-bond acceptors (Lipinski definition) is 3. The van der Waals surface area contributed by atoms with Crippen molar-refractivity contribution < 1.29 is 9.59 Å². The maximum absolute atomic E-state index is 13.0. The molecule has 2 aromatic rings. The molecule has 1 unspecified atom stereocenters.